The Bertz CT molecular complexity index is 1460. The molecule has 0 saturated carbocycles. The topological polar surface area (TPSA) is 90.9 Å². The molecule has 7 nitrogen and oxygen atoms in total. The van der Waals surface area contributed by atoms with Crippen LogP contribution >= 0.6 is 12.4 Å². The zero-order valence-corrected chi connectivity index (χ0v) is 19.0. The van der Waals surface area contributed by atoms with Gasteiger partial charge in [0.15, 0.2) is 5.82 Å². The first kappa shape index (κ1) is 23.3. The van der Waals surface area contributed by atoms with Gasteiger partial charge in [-0.2, -0.15) is 5.10 Å². The molecule has 2 heterocycles. The lowest BCUT2D eigenvalue weighted by Gasteiger charge is -2.08. The predicted octanol–water partition coefficient (Wildman–Crippen LogP) is 4.88. The molecule has 0 bridgehead atoms. The Balaban J connectivity index is 0.00000274. The van der Waals surface area contributed by atoms with Gasteiger partial charge in [-0.1, -0.05) is 18.2 Å². The van der Waals surface area contributed by atoms with Crippen molar-refractivity contribution in [3.05, 3.63) is 95.3 Å². The molecule has 0 aliphatic heterocycles. The van der Waals surface area contributed by atoms with Gasteiger partial charge in [0.2, 0.25) is 0 Å². The van der Waals surface area contributed by atoms with Gasteiger partial charge in [-0.05, 0) is 67.6 Å². The van der Waals surface area contributed by atoms with Crippen LogP contribution in [0.1, 0.15) is 6.42 Å². The number of H-pyrrole nitrogens is 1. The van der Waals surface area contributed by atoms with Crippen molar-refractivity contribution in [1.82, 2.24) is 19.3 Å². The molecule has 3 N–H and O–H groups in total. The van der Waals surface area contributed by atoms with Crippen molar-refractivity contribution in [3.63, 3.8) is 0 Å². The van der Waals surface area contributed by atoms with Crippen molar-refractivity contribution in [3.8, 4) is 28.6 Å². The molecule has 0 fully saturated rings. The summed E-state index contributed by atoms with van der Waals surface area (Å²) < 4.78 is 23.4. The van der Waals surface area contributed by atoms with Crippen molar-refractivity contribution in [2.75, 3.05) is 6.54 Å². The quantitative estimate of drug-likeness (QED) is 0.348. The maximum Gasteiger partial charge on any atom is 0.348 e. The number of hydrogen-bond donors (Lipinski definition) is 2. The number of nitrogens with zero attached hydrogens (tertiary/aromatic N) is 3. The Morgan fingerprint density at radius 1 is 1.00 bits per heavy atom. The third-order valence-corrected chi connectivity index (χ3v) is 5.43. The number of para-hydroxylation sites is 1. The van der Waals surface area contributed by atoms with E-state index in [-0.39, 0.29) is 18.2 Å². The molecule has 5 aromatic rings. The molecular formula is C25H23ClFN5O2. The van der Waals surface area contributed by atoms with Crippen LogP contribution in [0.2, 0.25) is 0 Å². The van der Waals surface area contributed by atoms with Crippen LogP contribution in [-0.4, -0.2) is 25.9 Å². The zero-order chi connectivity index (χ0) is 22.8. The molecule has 0 unspecified atom stereocenters. The highest BCUT2D eigenvalue weighted by atomic mass is 35.5. The predicted molar refractivity (Wildman–Crippen MR) is 133 cm³/mol. The summed E-state index contributed by atoms with van der Waals surface area (Å²) in [5, 5.41) is 7.39. The second-order valence-corrected chi connectivity index (χ2v) is 7.64. The first-order chi connectivity index (χ1) is 16.1. The minimum Gasteiger partial charge on any atom is -0.457 e. The molecule has 0 spiro atoms. The highest BCUT2D eigenvalue weighted by Gasteiger charge is 2.18. The lowest BCUT2D eigenvalue weighted by Crippen LogP contribution is -2.15. The number of benzene rings is 3. The van der Waals surface area contributed by atoms with Crippen LogP contribution in [0, 0.1) is 5.82 Å². The molecule has 174 valence electrons. The van der Waals surface area contributed by atoms with E-state index in [2.05, 4.69) is 10.2 Å². The minimum absolute atomic E-state index is 0. The van der Waals surface area contributed by atoms with Gasteiger partial charge in [0, 0.05) is 23.7 Å². The minimum atomic E-state index is -0.406. The van der Waals surface area contributed by atoms with E-state index in [1.54, 1.807) is 6.07 Å². The number of halogens is 2. The van der Waals surface area contributed by atoms with Crippen molar-refractivity contribution in [2.45, 2.75) is 13.0 Å². The summed E-state index contributed by atoms with van der Waals surface area (Å²) in [4.78, 5) is 12.8. The van der Waals surface area contributed by atoms with Crippen LogP contribution in [0.3, 0.4) is 0 Å². The lowest BCUT2D eigenvalue weighted by molar-refractivity contribution is 0.483. The van der Waals surface area contributed by atoms with E-state index < -0.39 is 5.69 Å². The van der Waals surface area contributed by atoms with Crippen LogP contribution in [0.25, 0.3) is 28.0 Å². The smallest absolute Gasteiger partial charge is 0.348 e. The molecule has 34 heavy (non-hydrogen) atoms. The fourth-order valence-electron chi connectivity index (χ4n) is 3.89. The van der Waals surface area contributed by atoms with E-state index in [0.717, 1.165) is 17.7 Å². The standard InChI is InChI=1S/C25H22FN5O2.ClH/c26-18-9-12-22-21(15-18)23(16-30(22)14-4-13-27)31-24(28-29-25(31)32)17-7-10-20(11-8-17)33-19-5-2-1-3-6-19;/h1-3,5-12,15-16H,4,13-14,27H2,(H,29,32);1H. The number of nitrogens with two attached hydrogens (primary N) is 1. The van der Waals surface area contributed by atoms with Gasteiger partial charge in [-0.15, -0.1) is 12.4 Å². The number of hydrogen-bond acceptors (Lipinski definition) is 4. The largest absolute Gasteiger partial charge is 0.457 e. The molecule has 0 atom stereocenters. The van der Waals surface area contributed by atoms with E-state index in [1.165, 1.54) is 16.7 Å². The summed E-state index contributed by atoms with van der Waals surface area (Å²) in [6.45, 7) is 1.19. The Morgan fingerprint density at radius 3 is 2.47 bits per heavy atom. The molecule has 0 saturated heterocycles. The second kappa shape index (κ2) is 9.94. The molecule has 9 heteroatoms. The van der Waals surface area contributed by atoms with Gasteiger partial charge in [-0.3, -0.25) is 0 Å². The SMILES string of the molecule is Cl.NCCCn1cc(-n2c(-c3ccc(Oc4ccccc4)cc3)n[nH]c2=O)c2cc(F)ccc21. The molecule has 0 aliphatic carbocycles. The molecule has 0 aliphatic rings. The molecule has 2 aromatic heterocycles. The van der Waals surface area contributed by atoms with Crippen molar-refractivity contribution < 1.29 is 9.13 Å². The fourth-order valence-corrected chi connectivity index (χ4v) is 3.89. The monoisotopic (exact) mass is 479 g/mol. The van der Waals surface area contributed by atoms with E-state index in [1.807, 2.05) is 65.4 Å². The molecule has 5 rings (SSSR count). The molecule has 0 radical (unpaired) electrons. The summed E-state index contributed by atoms with van der Waals surface area (Å²) in [5.41, 5.74) is 7.37. The van der Waals surface area contributed by atoms with Crippen molar-refractivity contribution >= 4 is 23.3 Å². The highest BCUT2D eigenvalue weighted by molar-refractivity contribution is 5.89. The van der Waals surface area contributed by atoms with Crippen LogP contribution in [0.4, 0.5) is 4.39 Å². The fraction of sp³-hybridized carbons (Fsp3) is 0.120. The van der Waals surface area contributed by atoms with Crippen LogP contribution in [0.5, 0.6) is 11.5 Å². The number of aromatic nitrogens is 4. The zero-order valence-electron chi connectivity index (χ0n) is 18.1. The van der Waals surface area contributed by atoms with Gasteiger partial charge in [0.25, 0.3) is 0 Å². The van der Waals surface area contributed by atoms with Crippen LogP contribution in [-0.2, 0) is 6.54 Å². The summed E-state index contributed by atoms with van der Waals surface area (Å²) in [7, 11) is 0. The molecule has 3 aromatic carbocycles. The summed E-state index contributed by atoms with van der Waals surface area (Å²) >= 11 is 0. The number of fused-ring (bicyclic) bond motifs is 1. The molecule has 0 amide bonds. The van der Waals surface area contributed by atoms with Crippen molar-refractivity contribution in [1.29, 1.82) is 0 Å². The van der Waals surface area contributed by atoms with E-state index in [0.29, 0.717) is 41.3 Å². The first-order valence-electron chi connectivity index (χ1n) is 10.6. The van der Waals surface area contributed by atoms with E-state index in [9.17, 15) is 9.18 Å². The maximum absolute atomic E-state index is 14.1. The summed E-state index contributed by atoms with van der Waals surface area (Å²) in [5.74, 6) is 1.44. The van der Waals surface area contributed by atoms with Gasteiger partial charge in [-0.25, -0.2) is 18.9 Å². The van der Waals surface area contributed by atoms with E-state index in [4.69, 9.17) is 10.5 Å². The van der Waals surface area contributed by atoms with Crippen molar-refractivity contribution in [2.24, 2.45) is 5.73 Å². The number of rotatable bonds is 7. The summed E-state index contributed by atoms with van der Waals surface area (Å²) in [6, 6.07) is 21.3. The Morgan fingerprint density at radius 2 is 1.74 bits per heavy atom. The lowest BCUT2D eigenvalue weighted by atomic mass is 10.2. The average molecular weight is 480 g/mol. The van der Waals surface area contributed by atoms with Crippen LogP contribution < -0.4 is 16.2 Å². The average Bonchev–Trinajstić information content (AvgIpc) is 3.38. The number of ether oxygens (including phenoxy) is 1. The Kier molecular flexibility index (Phi) is 6.81. The molecular weight excluding hydrogens is 457 g/mol. The highest BCUT2D eigenvalue weighted by Crippen LogP contribution is 2.30. The third kappa shape index (κ3) is 4.46. The van der Waals surface area contributed by atoms with Gasteiger partial charge >= 0.3 is 5.69 Å². The van der Waals surface area contributed by atoms with Gasteiger partial charge in [0.05, 0.1) is 11.2 Å². The number of aryl methyl sites for hydroxylation is 1. The normalized spacial score (nSPS) is 10.9. The second-order valence-electron chi connectivity index (χ2n) is 7.64. The van der Waals surface area contributed by atoms with E-state index >= 15 is 0 Å². The number of aromatic amines is 1. The first-order valence-corrected chi connectivity index (χ1v) is 10.6. The number of nitrogens with one attached hydrogen (secondary N) is 1. The summed E-state index contributed by atoms with van der Waals surface area (Å²) in [6.07, 6.45) is 2.60. The Labute approximate surface area is 201 Å². The third-order valence-electron chi connectivity index (χ3n) is 5.43. The van der Waals surface area contributed by atoms with Gasteiger partial charge in [0.1, 0.15) is 17.3 Å². The maximum atomic E-state index is 14.1. The van der Waals surface area contributed by atoms with Crippen LogP contribution in [0.15, 0.2) is 83.8 Å². The van der Waals surface area contributed by atoms with Gasteiger partial charge < -0.3 is 15.0 Å². The Hall–Kier alpha value is -3.88.